The van der Waals surface area contributed by atoms with Crippen molar-refractivity contribution in [1.29, 1.82) is 0 Å². The number of aromatic nitrogens is 2. The highest BCUT2D eigenvalue weighted by Crippen LogP contribution is 2.42. The average molecular weight is 352 g/mol. The van der Waals surface area contributed by atoms with Crippen molar-refractivity contribution in [2.24, 2.45) is 5.92 Å². The summed E-state index contributed by atoms with van der Waals surface area (Å²) in [6.45, 7) is 5.91. The molecule has 0 radical (unpaired) electrons. The Labute approximate surface area is 151 Å². The van der Waals surface area contributed by atoms with Crippen molar-refractivity contribution in [2.45, 2.75) is 39.7 Å². The van der Waals surface area contributed by atoms with Crippen molar-refractivity contribution >= 4 is 11.7 Å². The summed E-state index contributed by atoms with van der Waals surface area (Å²) in [5, 5.41) is 1.84. The van der Waals surface area contributed by atoms with Gasteiger partial charge in [-0.15, -0.1) is 0 Å². The van der Waals surface area contributed by atoms with Gasteiger partial charge in [0.25, 0.3) is 0 Å². The molecular formula is C20H21FN4O. The van der Waals surface area contributed by atoms with E-state index in [1.54, 1.807) is 12.1 Å². The number of rotatable bonds is 2. The molecule has 1 aromatic carbocycles. The molecule has 1 N–H and O–H groups in total. The maximum atomic E-state index is 13.4. The van der Waals surface area contributed by atoms with E-state index >= 15 is 0 Å². The van der Waals surface area contributed by atoms with E-state index < -0.39 is 0 Å². The maximum Gasteiger partial charge on any atom is 0.245 e. The zero-order chi connectivity index (χ0) is 18.4. The minimum Gasteiger partial charge on any atom is -0.299 e. The van der Waals surface area contributed by atoms with E-state index in [4.69, 9.17) is 0 Å². The van der Waals surface area contributed by atoms with Crippen molar-refractivity contribution in [1.82, 2.24) is 15.4 Å². The number of carbonyl (C=O) groups excluding carboxylic acids is 1. The Morgan fingerprint density at radius 2 is 1.77 bits per heavy atom. The van der Waals surface area contributed by atoms with Gasteiger partial charge < -0.3 is 0 Å². The number of nitrogens with zero attached hydrogens (tertiary/aromatic N) is 3. The zero-order valence-electron chi connectivity index (χ0n) is 15.1. The van der Waals surface area contributed by atoms with Crippen LogP contribution in [0.4, 0.5) is 10.3 Å². The fourth-order valence-electron chi connectivity index (χ4n) is 3.83. The number of anilines is 1. The fourth-order valence-corrected chi connectivity index (χ4v) is 3.83. The first-order valence-corrected chi connectivity index (χ1v) is 8.82. The lowest BCUT2D eigenvalue weighted by atomic mass is 9.83. The second-order valence-electron chi connectivity index (χ2n) is 7.22. The van der Waals surface area contributed by atoms with Gasteiger partial charge in [0.05, 0.1) is 0 Å². The molecule has 6 heteroatoms. The van der Waals surface area contributed by atoms with Gasteiger partial charge in [0, 0.05) is 29.1 Å². The summed E-state index contributed by atoms with van der Waals surface area (Å²) >= 11 is 0. The number of nitrogens with one attached hydrogen (secondary N) is 1. The van der Waals surface area contributed by atoms with Gasteiger partial charge in [-0.3, -0.25) is 10.2 Å². The number of Topliss-reactive ketones (excluding diaryl/α,β-unsaturated/α-hetero) is 1. The molecule has 0 saturated carbocycles. The standard InChI is InChI=1S/C20H21FN4O/c1-11-8-16-18(17(26)9-11)19(14-4-6-15(21)7-5-14)25(24-16)20-22-12(2)10-13(3)23-20/h4-7,10-11,19,24H,8-9H2,1-3H3. The molecular weight excluding hydrogens is 331 g/mol. The molecule has 0 saturated heterocycles. The predicted molar refractivity (Wildman–Crippen MR) is 96.7 cm³/mol. The van der Waals surface area contributed by atoms with E-state index in [1.165, 1.54) is 12.1 Å². The van der Waals surface area contributed by atoms with E-state index in [0.29, 0.717) is 18.3 Å². The molecule has 1 aliphatic carbocycles. The number of allylic oxidation sites excluding steroid dienone is 1. The third-order valence-electron chi connectivity index (χ3n) is 4.87. The Morgan fingerprint density at radius 1 is 1.12 bits per heavy atom. The molecule has 1 aliphatic heterocycles. The van der Waals surface area contributed by atoms with Crippen LogP contribution in [0, 0.1) is 25.6 Å². The highest BCUT2D eigenvalue weighted by atomic mass is 19.1. The van der Waals surface area contributed by atoms with Crippen LogP contribution < -0.4 is 10.4 Å². The zero-order valence-corrected chi connectivity index (χ0v) is 15.1. The van der Waals surface area contributed by atoms with Crippen molar-refractivity contribution < 1.29 is 9.18 Å². The van der Waals surface area contributed by atoms with Gasteiger partial charge in [0.15, 0.2) is 5.78 Å². The van der Waals surface area contributed by atoms with Crippen LogP contribution in [0.3, 0.4) is 0 Å². The van der Waals surface area contributed by atoms with Crippen LogP contribution in [0.1, 0.15) is 42.8 Å². The molecule has 0 bridgehead atoms. The number of carbonyl (C=O) groups is 1. The molecule has 0 amide bonds. The van der Waals surface area contributed by atoms with Gasteiger partial charge in [-0.25, -0.2) is 19.4 Å². The van der Waals surface area contributed by atoms with Crippen LogP contribution in [0.25, 0.3) is 0 Å². The van der Waals surface area contributed by atoms with Crippen LogP contribution >= 0.6 is 0 Å². The molecule has 0 fully saturated rings. The fraction of sp³-hybridized carbons (Fsp3) is 0.350. The molecule has 1 aromatic heterocycles. The molecule has 4 rings (SSSR count). The average Bonchev–Trinajstić information content (AvgIpc) is 2.94. The third-order valence-corrected chi connectivity index (χ3v) is 4.87. The van der Waals surface area contributed by atoms with Gasteiger partial charge in [-0.2, -0.15) is 0 Å². The number of hydrogen-bond donors (Lipinski definition) is 1. The van der Waals surface area contributed by atoms with Crippen molar-refractivity contribution in [3.63, 3.8) is 0 Å². The summed E-state index contributed by atoms with van der Waals surface area (Å²) in [5.41, 5.74) is 7.59. The lowest BCUT2D eigenvalue weighted by Crippen LogP contribution is -2.36. The van der Waals surface area contributed by atoms with Gasteiger partial charge in [-0.1, -0.05) is 19.1 Å². The Hall–Kier alpha value is -2.76. The lowest BCUT2D eigenvalue weighted by Gasteiger charge is -2.27. The van der Waals surface area contributed by atoms with Gasteiger partial charge >= 0.3 is 0 Å². The molecule has 2 heterocycles. The number of halogens is 1. The Balaban J connectivity index is 1.83. The largest absolute Gasteiger partial charge is 0.299 e. The van der Waals surface area contributed by atoms with Crippen molar-refractivity contribution in [2.75, 3.05) is 5.01 Å². The second kappa shape index (κ2) is 6.20. The molecule has 2 aromatic rings. The first-order chi connectivity index (χ1) is 12.4. The van der Waals surface area contributed by atoms with Gasteiger partial charge in [0.1, 0.15) is 11.9 Å². The second-order valence-corrected chi connectivity index (χ2v) is 7.22. The minimum absolute atomic E-state index is 0.132. The van der Waals surface area contributed by atoms with Crippen LogP contribution in [0.2, 0.25) is 0 Å². The molecule has 2 unspecified atom stereocenters. The number of hydrogen-bond acceptors (Lipinski definition) is 5. The molecule has 2 atom stereocenters. The molecule has 0 spiro atoms. The highest BCUT2D eigenvalue weighted by Gasteiger charge is 2.42. The van der Waals surface area contributed by atoms with Crippen LogP contribution in [0.5, 0.6) is 0 Å². The van der Waals surface area contributed by atoms with E-state index in [-0.39, 0.29) is 17.6 Å². The first kappa shape index (κ1) is 16.7. The van der Waals surface area contributed by atoms with Crippen LogP contribution in [0.15, 0.2) is 41.6 Å². The van der Waals surface area contributed by atoms with Crippen LogP contribution in [-0.4, -0.2) is 15.8 Å². The topological polar surface area (TPSA) is 58.1 Å². The van der Waals surface area contributed by atoms with Gasteiger partial charge in [0.2, 0.25) is 5.95 Å². The summed E-state index contributed by atoms with van der Waals surface area (Å²) in [7, 11) is 0. The number of hydrazine groups is 1. The van der Waals surface area contributed by atoms with Crippen LogP contribution in [-0.2, 0) is 4.79 Å². The molecule has 2 aliphatic rings. The Bertz CT molecular complexity index is 886. The quantitative estimate of drug-likeness (QED) is 0.896. The number of ketones is 1. The van der Waals surface area contributed by atoms with Gasteiger partial charge in [-0.05, 0) is 49.9 Å². The van der Waals surface area contributed by atoms with E-state index in [9.17, 15) is 9.18 Å². The number of aryl methyl sites for hydroxylation is 2. The minimum atomic E-state index is -0.355. The maximum absolute atomic E-state index is 13.4. The first-order valence-electron chi connectivity index (χ1n) is 8.82. The number of benzene rings is 1. The SMILES string of the molecule is Cc1cc(C)nc(N2NC3=C(C(=O)CC(C)C3)C2c2ccc(F)cc2)n1. The molecule has 134 valence electrons. The Morgan fingerprint density at radius 3 is 2.42 bits per heavy atom. The summed E-state index contributed by atoms with van der Waals surface area (Å²) in [6, 6.07) is 7.84. The monoisotopic (exact) mass is 352 g/mol. The van der Waals surface area contributed by atoms with Crippen molar-refractivity contribution in [3.8, 4) is 0 Å². The lowest BCUT2D eigenvalue weighted by molar-refractivity contribution is -0.117. The van der Waals surface area contributed by atoms with E-state index in [2.05, 4.69) is 22.3 Å². The summed E-state index contributed by atoms with van der Waals surface area (Å²) in [5.74, 6) is 0.647. The Kier molecular flexibility index (Phi) is 3.98. The smallest absolute Gasteiger partial charge is 0.245 e. The predicted octanol–water partition coefficient (Wildman–Crippen LogP) is 3.55. The van der Waals surface area contributed by atoms with E-state index in [1.807, 2.05) is 24.9 Å². The molecule has 5 nitrogen and oxygen atoms in total. The van der Waals surface area contributed by atoms with E-state index in [0.717, 1.165) is 34.6 Å². The highest BCUT2D eigenvalue weighted by molar-refractivity contribution is 5.99. The van der Waals surface area contributed by atoms with Crippen molar-refractivity contribution in [3.05, 3.63) is 64.4 Å². The third kappa shape index (κ3) is 2.85. The summed E-state index contributed by atoms with van der Waals surface area (Å²) < 4.78 is 13.4. The normalized spacial score (nSPS) is 22.5. The summed E-state index contributed by atoms with van der Waals surface area (Å²) in [4.78, 5) is 21.9. The summed E-state index contributed by atoms with van der Waals surface area (Å²) in [6.07, 6.45) is 1.33. The molecule has 26 heavy (non-hydrogen) atoms.